The minimum absolute atomic E-state index is 0.552. The molecule has 90 valence electrons. The van der Waals surface area contributed by atoms with Gasteiger partial charge in [-0.1, -0.05) is 6.92 Å². The maximum absolute atomic E-state index is 10.6. The van der Waals surface area contributed by atoms with Crippen LogP contribution < -0.4 is 0 Å². The molecule has 0 radical (unpaired) electrons. The topological polar surface area (TPSA) is 23.5 Å². The number of thiophene rings is 1. The molecule has 2 nitrogen and oxygen atoms in total. The SMILES string of the molecule is CCCN1CCC(O)(c2ccc(C)s2)CC1. The first-order valence-electron chi connectivity index (χ1n) is 6.16. The first-order valence-corrected chi connectivity index (χ1v) is 6.97. The zero-order chi connectivity index (χ0) is 11.6. The van der Waals surface area contributed by atoms with Crippen LogP contribution in [0.25, 0.3) is 0 Å². The van der Waals surface area contributed by atoms with Gasteiger partial charge in [0.2, 0.25) is 0 Å². The minimum Gasteiger partial charge on any atom is -0.384 e. The van der Waals surface area contributed by atoms with Gasteiger partial charge in [-0.15, -0.1) is 11.3 Å². The van der Waals surface area contributed by atoms with Crippen LogP contribution in [-0.2, 0) is 5.60 Å². The highest BCUT2D eigenvalue weighted by Gasteiger charge is 2.34. The molecule has 1 saturated heterocycles. The molecule has 1 aliphatic heterocycles. The van der Waals surface area contributed by atoms with Crippen molar-refractivity contribution in [1.29, 1.82) is 0 Å². The molecule has 1 aromatic heterocycles. The van der Waals surface area contributed by atoms with E-state index in [1.807, 2.05) is 0 Å². The van der Waals surface area contributed by atoms with Crippen LogP contribution in [0.3, 0.4) is 0 Å². The van der Waals surface area contributed by atoms with Gasteiger partial charge in [0.1, 0.15) is 5.60 Å². The molecule has 3 heteroatoms. The van der Waals surface area contributed by atoms with E-state index < -0.39 is 5.60 Å². The first kappa shape index (κ1) is 12.1. The Morgan fingerprint density at radius 3 is 2.56 bits per heavy atom. The van der Waals surface area contributed by atoms with E-state index in [4.69, 9.17) is 0 Å². The van der Waals surface area contributed by atoms with Crippen molar-refractivity contribution in [3.63, 3.8) is 0 Å². The second-order valence-corrected chi connectivity index (χ2v) is 6.07. The van der Waals surface area contributed by atoms with Gasteiger partial charge in [0.15, 0.2) is 0 Å². The van der Waals surface area contributed by atoms with Crippen molar-refractivity contribution in [2.45, 2.75) is 38.7 Å². The fourth-order valence-corrected chi connectivity index (χ4v) is 3.41. The summed E-state index contributed by atoms with van der Waals surface area (Å²) in [6.45, 7) is 7.54. The van der Waals surface area contributed by atoms with Gasteiger partial charge >= 0.3 is 0 Å². The molecule has 0 unspecified atom stereocenters. The third-order valence-corrected chi connectivity index (χ3v) is 4.62. The van der Waals surface area contributed by atoms with E-state index in [1.165, 1.54) is 17.8 Å². The van der Waals surface area contributed by atoms with Crippen LogP contribution in [0.2, 0.25) is 0 Å². The molecule has 0 amide bonds. The number of aryl methyl sites for hydroxylation is 1. The van der Waals surface area contributed by atoms with Gasteiger partial charge in [0.05, 0.1) is 0 Å². The Morgan fingerprint density at radius 2 is 2.06 bits per heavy atom. The summed E-state index contributed by atoms with van der Waals surface area (Å²) in [4.78, 5) is 4.90. The highest BCUT2D eigenvalue weighted by Crippen LogP contribution is 2.36. The summed E-state index contributed by atoms with van der Waals surface area (Å²) in [5.74, 6) is 0. The molecule has 2 rings (SSSR count). The predicted molar refractivity (Wildman–Crippen MR) is 68.9 cm³/mol. The second-order valence-electron chi connectivity index (χ2n) is 4.78. The van der Waals surface area contributed by atoms with Crippen LogP contribution in [0.4, 0.5) is 0 Å². The van der Waals surface area contributed by atoms with Crippen molar-refractivity contribution >= 4 is 11.3 Å². The van der Waals surface area contributed by atoms with Crippen LogP contribution in [0, 0.1) is 6.92 Å². The quantitative estimate of drug-likeness (QED) is 0.876. The first-order chi connectivity index (χ1) is 7.64. The normalized spacial score (nSPS) is 21.2. The summed E-state index contributed by atoms with van der Waals surface area (Å²) in [6.07, 6.45) is 2.97. The number of hydrogen-bond donors (Lipinski definition) is 1. The third-order valence-electron chi connectivity index (χ3n) is 3.42. The summed E-state index contributed by atoms with van der Waals surface area (Å²) in [6, 6.07) is 4.20. The van der Waals surface area contributed by atoms with Crippen molar-refractivity contribution in [1.82, 2.24) is 4.90 Å². The average Bonchev–Trinajstić information content (AvgIpc) is 2.70. The lowest BCUT2D eigenvalue weighted by Crippen LogP contribution is -2.42. The number of rotatable bonds is 3. The Hall–Kier alpha value is -0.380. The van der Waals surface area contributed by atoms with Crippen molar-refractivity contribution in [3.8, 4) is 0 Å². The van der Waals surface area contributed by atoms with Crippen molar-refractivity contribution in [2.24, 2.45) is 0 Å². The fourth-order valence-electron chi connectivity index (χ4n) is 2.39. The molecule has 0 atom stereocenters. The van der Waals surface area contributed by atoms with Crippen LogP contribution in [-0.4, -0.2) is 29.6 Å². The van der Waals surface area contributed by atoms with E-state index in [1.54, 1.807) is 11.3 Å². The number of nitrogens with zero attached hydrogens (tertiary/aromatic N) is 1. The molecular formula is C13H21NOS. The lowest BCUT2D eigenvalue weighted by Gasteiger charge is -2.37. The standard InChI is InChI=1S/C13H21NOS/c1-3-8-14-9-6-13(15,7-10-14)12-5-4-11(2)16-12/h4-5,15H,3,6-10H2,1-2H3. The van der Waals surface area contributed by atoms with Gasteiger partial charge in [-0.3, -0.25) is 0 Å². The van der Waals surface area contributed by atoms with Crippen LogP contribution >= 0.6 is 11.3 Å². The number of aliphatic hydroxyl groups is 1. The Bertz CT molecular complexity index is 339. The predicted octanol–water partition coefficient (Wildman–Crippen LogP) is 2.75. The maximum atomic E-state index is 10.6. The van der Waals surface area contributed by atoms with Crippen LogP contribution in [0.15, 0.2) is 12.1 Å². The molecule has 1 N–H and O–H groups in total. The van der Waals surface area contributed by atoms with Gasteiger partial charge in [-0.05, 0) is 44.9 Å². The van der Waals surface area contributed by atoms with E-state index in [0.717, 1.165) is 30.8 Å². The number of hydrogen-bond acceptors (Lipinski definition) is 3. The average molecular weight is 239 g/mol. The summed E-state index contributed by atoms with van der Waals surface area (Å²) < 4.78 is 0. The number of piperidine rings is 1. The Balaban J connectivity index is 2.01. The Kier molecular flexibility index (Phi) is 3.67. The monoisotopic (exact) mass is 239 g/mol. The molecule has 0 aromatic carbocycles. The van der Waals surface area contributed by atoms with Gasteiger partial charge in [-0.2, -0.15) is 0 Å². The summed E-state index contributed by atoms with van der Waals surface area (Å²) >= 11 is 1.74. The van der Waals surface area contributed by atoms with Crippen molar-refractivity contribution in [2.75, 3.05) is 19.6 Å². The molecule has 1 fully saturated rings. The van der Waals surface area contributed by atoms with E-state index in [0.29, 0.717) is 0 Å². The van der Waals surface area contributed by atoms with E-state index in [2.05, 4.69) is 30.9 Å². The van der Waals surface area contributed by atoms with E-state index >= 15 is 0 Å². The van der Waals surface area contributed by atoms with Crippen molar-refractivity contribution < 1.29 is 5.11 Å². The second kappa shape index (κ2) is 4.86. The lowest BCUT2D eigenvalue weighted by atomic mass is 9.90. The molecule has 0 spiro atoms. The fraction of sp³-hybridized carbons (Fsp3) is 0.692. The molecule has 2 heterocycles. The van der Waals surface area contributed by atoms with Crippen LogP contribution in [0.1, 0.15) is 35.9 Å². The van der Waals surface area contributed by atoms with Crippen LogP contribution in [0.5, 0.6) is 0 Å². The Labute approximate surface area is 102 Å². The third kappa shape index (κ3) is 2.47. The Morgan fingerprint density at radius 1 is 1.38 bits per heavy atom. The molecular weight excluding hydrogens is 218 g/mol. The number of likely N-dealkylation sites (tertiary alicyclic amines) is 1. The smallest absolute Gasteiger partial charge is 0.101 e. The van der Waals surface area contributed by atoms with Gasteiger partial charge in [-0.25, -0.2) is 0 Å². The van der Waals surface area contributed by atoms with Gasteiger partial charge in [0.25, 0.3) is 0 Å². The minimum atomic E-state index is -0.552. The molecule has 0 bridgehead atoms. The highest BCUT2D eigenvalue weighted by atomic mass is 32.1. The maximum Gasteiger partial charge on any atom is 0.101 e. The zero-order valence-electron chi connectivity index (χ0n) is 10.2. The van der Waals surface area contributed by atoms with Gasteiger partial charge < -0.3 is 10.0 Å². The largest absolute Gasteiger partial charge is 0.384 e. The lowest BCUT2D eigenvalue weighted by molar-refractivity contribution is -0.0228. The van der Waals surface area contributed by atoms with Crippen molar-refractivity contribution in [3.05, 3.63) is 21.9 Å². The molecule has 1 aliphatic rings. The molecule has 16 heavy (non-hydrogen) atoms. The van der Waals surface area contributed by atoms with E-state index in [9.17, 15) is 5.11 Å². The van der Waals surface area contributed by atoms with E-state index in [-0.39, 0.29) is 0 Å². The zero-order valence-corrected chi connectivity index (χ0v) is 11.0. The highest BCUT2D eigenvalue weighted by molar-refractivity contribution is 7.12. The summed E-state index contributed by atoms with van der Waals surface area (Å²) in [5, 5.41) is 10.6. The molecule has 1 aromatic rings. The summed E-state index contributed by atoms with van der Waals surface area (Å²) in [7, 11) is 0. The summed E-state index contributed by atoms with van der Waals surface area (Å²) in [5.41, 5.74) is -0.552. The van der Waals surface area contributed by atoms with Gasteiger partial charge in [0, 0.05) is 22.8 Å². The molecule has 0 aliphatic carbocycles. The molecule has 0 saturated carbocycles.